The van der Waals surface area contributed by atoms with Crippen LogP contribution in [0.25, 0.3) is 0 Å². The molecule has 4 aromatic rings. The van der Waals surface area contributed by atoms with Crippen LogP contribution in [0.4, 0.5) is 0 Å². The Labute approximate surface area is 246 Å². The van der Waals surface area contributed by atoms with Crippen molar-refractivity contribution in [3.05, 3.63) is 130 Å². The summed E-state index contributed by atoms with van der Waals surface area (Å²) in [5.41, 5.74) is 0.00478. The molecule has 0 spiro atoms. The van der Waals surface area contributed by atoms with Gasteiger partial charge in [-0.25, -0.2) is 19.2 Å². The van der Waals surface area contributed by atoms with Gasteiger partial charge in [0.2, 0.25) is 5.88 Å². The van der Waals surface area contributed by atoms with E-state index < -0.39 is 48.1 Å². The van der Waals surface area contributed by atoms with Gasteiger partial charge in [-0.2, -0.15) is 4.98 Å². The minimum atomic E-state index is -1.33. The van der Waals surface area contributed by atoms with Crippen molar-refractivity contribution < 1.29 is 38.1 Å². The van der Waals surface area contributed by atoms with Crippen LogP contribution in [-0.2, 0) is 18.9 Å². The van der Waals surface area contributed by atoms with Gasteiger partial charge in [0, 0.05) is 12.3 Å². The molecule has 0 aliphatic carbocycles. The number of rotatable bonds is 10. The second-order valence-electron chi connectivity index (χ2n) is 9.39. The zero-order chi connectivity index (χ0) is 30.2. The van der Waals surface area contributed by atoms with Crippen molar-refractivity contribution in [2.75, 3.05) is 13.2 Å². The lowest BCUT2D eigenvalue weighted by Crippen LogP contribution is -2.42. The molecule has 0 N–H and O–H groups in total. The SMILES string of the molecule is CCOc1ccn([C@@H]2O[C@H](COC(=O)c3ccccc3)[C@H](OC(=O)c3ccccc3)[C@@H]2OC(=O)c2ccccc2)c(=O)n1. The highest BCUT2D eigenvalue weighted by Crippen LogP contribution is 2.35. The van der Waals surface area contributed by atoms with Crippen LogP contribution in [0.5, 0.6) is 5.88 Å². The third-order valence-corrected chi connectivity index (χ3v) is 6.55. The molecule has 1 saturated heterocycles. The van der Waals surface area contributed by atoms with Gasteiger partial charge < -0.3 is 23.7 Å². The quantitative estimate of drug-likeness (QED) is 0.200. The maximum absolute atomic E-state index is 13.2. The molecule has 0 amide bonds. The molecule has 0 radical (unpaired) electrons. The summed E-state index contributed by atoms with van der Waals surface area (Å²) in [6, 6.07) is 26.2. The highest BCUT2D eigenvalue weighted by atomic mass is 16.7. The van der Waals surface area contributed by atoms with E-state index in [1.54, 1.807) is 97.9 Å². The molecule has 1 aliphatic rings. The Hall–Kier alpha value is -5.29. The Morgan fingerprint density at radius 2 is 1.26 bits per heavy atom. The zero-order valence-electron chi connectivity index (χ0n) is 23.1. The van der Waals surface area contributed by atoms with E-state index >= 15 is 0 Å². The second kappa shape index (κ2) is 13.6. The molecule has 5 rings (SSSR count). The highest BCUT2D eigenvalue weighted by Gasteiger charge is 2.51. The zero-order valence-corrected chi connectivity index (χ0v) is 23.1. The average Bonchev–Trinajstić information content (AvgIpc) is 3.37. The molecular formula is C32H28N2O9. The van der Waals surface area contributed by atoms with Gasteiger partial charge in [0.15, 0.2) is 18.4 Å². The topological polar surface area (TPSA) is 132 Å². The Morgan fingerprint density at radius 1 is 0.744 bits per heavy atom. The van der Waals surface area contributed by atoms with Crippen molar-refractivity contribution in [2.24, 2.45) is 0 Å². The Balaban J connectivity index is 1.50. The maximum Gasteiger partial charge on any atom is 0.353 e. The van der Waals surface area contributed by atoms with Crippen LogP contribution in [0.15, 0.2) is 108 Å². The molecular weight excluding hydrogens is 556 g/mol. The van der Waals surface area contributed by atoms with Gasteiger partial charge in [-0.05, 0) is 43.3 Å². The molecule has 1 aromatic heterocycles. The van der Waals surface area contributed by atoms with E-state index in [1.807, 2.05) is 0 Å². The van der Waals surface area contributed by atoms with E-state index in [1.165, 1.54) is 12.3 Å². The molecule has 220 valence electrons. The molecule has 43 heavy (non-hydrogen) atoms. The summed E-state index contributed by atoms with van der Waals surface area (Å²) in [7, 11) is 0. The van der Waals surface area contributed by atoms with Crippen molar-refractivity contribution >= 4 is 17.9 Å². The second-order valence-corrected chi connectivity index (χ2v) is 9.39. The number of carbonyl (C=O) groups excluding carboxylic acids is 3. The summed E-state index contributed by atoms with van der Waals surface area (Å²) in [4.78, 5) is 56.2. The number of hydrogen-bond acceptors (Lipinski definition) is 10. The van der Waals surface area contributed by atoms with Crippen LogP contribution in [0.1, 0.15) is 44.2 Å². The largest absolute Gasteiger partial charge is 0.478 e. The van der Waals surface area contributed by atoms with Crippen molar-refractivity contribution in [1.29, 1.82) is 0 Å². The fourth-order valence-electron chi connectivity index (χ4n) is 4.50. The van der Waals surface area contributed by atoms with Gasteiger partial charge >= 0.3 is 23.6 Å². The van der Waals surface area contributed by atoms with Crippen molar-refractivity contribution in [2.45, 2.75) is 31.5 Å². The van der Waals surface area contributed by atoms with Gasteiger partial charge in [-0.15, -0.1) is 0 Å². The van der Waals surface area contributed by atoms with E-state index in [4.69, 9.17) is 23.7 Å². The standard InChI is InChI=1S/C32H28N2O9/c1-2-39-25-18-19-34(32(38)33-25)28-27(43-31(37)23-16-10-5-11-17-23)26(42-30(36)22-14-8-4-9-15-22)24(41-28)20-40-29(35)21-12-6-3-7-13-21/h3-19,24,26-28H,2,20H2,1H3/t24-,26+,27+,28-/m1/s1. The predicted octanol–water partition coefficient (Wildman–Crippen LogP) is 3.85. The summed E-state index contributed by atoms with van der Waals surface area (Å²) in [6.07, 6.45) is -3.66. The molecule has 11 nitrogen and oxygen atoms in total. The monoisotopic (exact) mass is 584 g/mol. The number of carbonyl (C=O) groups is 3. The lowest BCUT2D eigenvalue weighted by atomic mass is 10.1. The summed E-state index contributed by atoms with van der Waals surface area (Å²) < 4.78 is 29.8. The molecule has 11 heteroatoms. The number of nitrogens with zero attached hydrogens (tertiary/aromatic N) is 2. The number of benzene rings is 3. The number of esters is 3. The summed E-state index contributed by atoms with van der Waals surface area (Å²) in [5.74, 6) is -2.01. The highest BCUT2D eigenvalue weighted by molar-refractivity contribution is 5.91. The van der Waals surface area contributed by atoms with Crippen molar-refractivity contribution in [3.63, 3.8) is 0 Å². The van der Waals surface area contributed by atoms with Crippen LogP contribution in [0.2, 0.25) is 0 Å². The third-order valence-electron chi connectivity index (χ3n) is 6.55. The first kappa shape index (κ1) is 29.2. The minimum Gasteiger partial charge on any atom is -0.478 e. The normalized spacial score (nSPS) is 19.3. The molecule has 4 atom stereocenters. The summed E-state index contributed by atoms with van der Waals surface area (Å²) in [6.45, 7) is 1.66. The minimum absolute atomic E-state index is 0.0972. The van der Waals surface area contributed by atoms with Gasteiger partial charge in [0.25, 0.3) is 0 Å². The Kier molecular flexibility index (Phi) is 9.23. The molecule has 1 fully saturated rings. The first-order chi connectivity index (χ1) is 20.9. The van der Waals surface area contributed by atoms with Gasteiger partial charge in [0.05, 0.1) is 23.3 Å². The third kappa shape index (κ3) is 6.96. The van der Waals surface area contributed by atoms with Crippen molar-refractivity contribution in [3.8, 4) is 5.88 Å². The Morgan fingerprint density at radius 3 is 1.77 bits per heavy atom. The van der Waals surface area contributed by atoms with Crippen LogP contribution in [0, 0.1) is 0 Å². The number of aromatic nitrogens is 2. The van der Waals surface area contributed by atoms with E-state index in [9.17, 15) is 19.2 Å². The first-order valence-electron chi connectivity index (χ1n) is 13.6. The maximum atomic E-state index is 13.2. The van der Waals surface area contributed by atoms with Crippen LogP contribution < -0.4 is 10.4 Å². The number of hydrogen-bond donors (Lipinski definition) is 0. The van der Waals surface area contributed by atoms with E-state index in [0.29, 0.717) is 12.2 Å². The molecule has 3 aromatic carbocycles. The van der Waals surface area contributed by atoms with E-state index in [2.05, 4.69) is 4.98 Å². The van der Waals surface area contributed by atoms with E-state index in [-0.39, 0.29) is 23.6 Å². The van der Waals surface area contributed by atoms with Gasteiger partial charge in [-0.3, -0.25) is 4.57 Å². The average molecular weight is 585 g/mol. The Bertz CT molecular complexity index is 1610. The molecule has 1 aliphatic heterocycles. The van der Waals surface area contributed by atoms with Gasteiger partial charge in [-0.1, -0.05) is 54.6 Å². The van der Waals surface area contributed by atoms with Crippen molar-refractivity contribution in [1.82, 2.24) is 9.55 Å². The molecule has 2 heterocycles. The van der Waals surface area contributed by atoms with Crippen LogP contribution >= 0.6 is 0 Å². The van der Waals surface area contributed by atoms with E-state index in [0.717, 1.165) is 4.57 Å². The predicted molar refractivity (Wildman–Crippen MR) is 152 cm³/mol. The lowest BCUT2D eigenvalue weighted by molar-refractivity contribution is -0.0640. The fraction of sp³-hybridized carbons (Fsp3) is 0.219. The summed E-state index contributed by atoms with van der Waals surface area (Å²) >= 11 is 0. The smallest absolute Gasteiger partial charge is 0.353 e. The van der Waals surface area contributed by atoms with Crippen LogP contribution in [0.3, 0.4) is 0 Å². The number of ether oxygens (including phenoxy) is 5. The van der Waals surface area contributed by atoms with Crippen LogP contribution in [-0.4, -0.2) is 59.0 Å². The first-order valence-corrected chi connectivity index (χ1v) is 13.6. The summed E-state index contributed by atoms with van der Waals surface area (Å²) in [5, 5.41) is 0. The molecule has 0 bridgehead atoms. The van der Waals surface area contributed by atoms with Gasteiger partial charge in [0.1, 0.15) is 12.7 Å². The molecule has 0 saturated carbocycles. The fourth-order valence-corrected chi connectivity index (χ4v) is 4.50. The lowest BCUT2D eigenvalue weighted by Gasteiger charge is -2.25. The molecule has 0 unspecified atom stereocenters.